The third kappa shape index (κ3) is 5.14. The first-order valence-corrected chi connectivity index (χ1v) is 8.61. The molecule has 130 valence electrons. The van der Waals surface area contributed by atoms with Gasteiger partial charge in [-0.2, -0.15) is 15.0 Å². The average molecular weight is 362 g/mol. The highest BCUT2D eigenvalue weighted by molar-refractivity contribution is 6.31. The molecule has 0 aliphatic carbocycles. The molecule has 0 saturated carbocycles. The molecular weight excluding hydrogens is 337 g/mol. The first kappa shape index (κ1) is 18.6. The summed E-state index contributed by atoms with van der Waals surface area (Å²) in [6, 6.07) is 0.224. The zero-order chi connectivity index (χ0) is 17.3. The zero-order valence-corrected chi connectivity index (χ0v) is 15.6. The van der Waals surface area contributed by atoms with Crippen LogP contribution in [-0.4, -0.2) is 50.3 Å². The van der Waals surface area contributed by atoms with E-state index in [-0.39, 0.29) is 34.3 Å². The fourth-order valence-corrected chi connectivity index (χ4v) is 3.97. The molecule has 2 rings (SSSR count). The number of nitrogens with zero attached hydrogens (tertiary/aromatic N) is 4. The maximum atomic E-state index is 9.23. The molecule has 2 heterocycles. The van der Waals surface area contributed by atoms with E-state index >= 15 is 0 Å². The van der Waals surface area contributed by atoms with Crippen molar-refractivity contribution in [2.45, 2.75) is 64.1 Å². The van der Waals surface area contributed by atoms with Crippen molar-refractivity contribution >= 4 is 29.2 Å². The van der Waals surface area contributed by atoms with E-state index in [1.807, 2.05) is 0 Å². The normalized spacial score (nSPS) is 20.5. The van der Waals surface area contributed by atoms with Gasteiger partial charge in [-0.3, -0.25) is 0 Å². The second-order valence-corrected chi connectivity index (χ2v) is 8.07. The number of aliphatic hydroxyl groups is 1. The Morgan fingerprint density at radius 2 is 1.61 bits per heavy atom. The lowest BCUT2D eigenvalue weighted by Crippen LogP contribution is -2.62. The van der Waals surface area contributed by atoms with Gasteiger partial charge in [0.1, 0.15) is 0 Å². The molecule has 23 heavy (non-hydrogen) atoms. The van der Waals surface area contributed by atoms with Crippen LogP contribution in [0.1, 0.15) is 47.0 Å². The number of hydrogen-bond donors (Lipinski definition) is 2. The Hall–Kier alpha value is -0.690. The average Bonchev–Trinajstić information content (AvgIpc) is 2.34. The SMILES string of the molecule is CC1(C)CC(N(CCCO)c2nc(Cl)nc(Cl)n2)CC(C)(C)N1. The lowest BCUT2D eigenvalue weighted by Gasteiger charge is -2.49. The van der Waals surface area contributed by atoms with E-state index in [9.17, 15) is 5.11 Å². The molecule has 0 spiro atoms. The minimum atomic E-state index is -0.00942. The second-order valence-electron chi connectivity index (χ2n) is 7.40. The van der Waals surface area contributed by atoms with Crippen LogP contribution in [0.3, 0.4) is 0 Å². The molecule has 1 aromatic heterocycles. The quantitative estimate of drug-likeness (QED) is 0.839. The summed E-state index contributed by atoms with van der Waals surface area (Å²) in [5, 5.41) is 13.1. The van der Waals surface area contributed by atoms with Crippen LogP contribution >= 0.6 is 23.2 Å². The minimum Gasteiger partial charge on any atom is -0.396 e. The lowest BCUT2D eigenvalue weighted by molar-refractivity contribution is 0.157. The Bertz CT molecular complexity index is 516. The summed E-state index contributed by atoms with van der Waals surface area (Å²) >= 11 is 11.9. The Morgan fingerprint density at radius 1 is 1.09 bits per heavy atom. The first-order chi connectivity index (χ1) is 10.6. The number of halogens is 2. The summed E-state index contributed by atoms with van der Waals surface area (Å²) < 4.78 is 0. The lowest BCUT2D eigenvalue weighted by atomic mass is 9.79. The Labute approximate surface area is 147 Å². The third-order valence-corrected chi connectivity index (χ3v) is 4.33. The molecule has 1 fully saturated rings. The van der Waals surface area contributed by atoms with Gasteiger partial charge in [0.25, 0.3) is 0 Å². The Kier molecular flexibility index (Phi) is 5.72. The van der Waals surface area contributed by atoms with Gasteiger partial charge >= 0.3 is 0 Å². The van der Waals surface area contributed by atoms with Crippen molar-refractivity contribution in [1.29, 1.82) is 0 Å². The fraction of sp³-hybridized carbons (Fsp3) is 0.800. The number of hydrogen-bond acceptors (Lipinski definition) is 6. The van der Waals surface area contributed by atoms with Gasteiger partial charge in [-0.15, -0.1) is 0 Å². The molecule has 0 bridgehead atoms. The van der Waals surface area contributed by atoms with E-state index in [0.29, 0.717) is 18.9 Å². The number of nitrogens with one attached hydrogen (secondary N) is 1. The molecule has 0 aromatic carbocycles. The van der Waals surface area contributed by atoms with Gasteiger partial charge in [-0.05, 0) is 70.2 Å². The highest BCUT2D eigenvalue weighted by Crippen LogP contribution is 2.33. The molecule has 1 aliphatic rings. The maximum absolute atomic E-state index is 9.23. The third-order valence-electron chi connectivity index (χ3n) is 3.99. The van der Waals surface area contributed by atoms with Crippen molar-refractivity contribution in [3.63, 3.8) is 0 Å². The summed E-state index contributed by atoms with van der Waals surface area (Å²) in [6.45, 7) is 9.53. The predicted molar refractivity (Wildman–Crippen MR) is 93.2 cm³/mol. The highest BCUT2D eigenvalue weighted by Gasteiger charge is 2.40. The second kappa shape index (κ2) is 7.05. The Balaban J connectivity index is 2.33. The van der Waals surface area contributed by atoms with Gasteiger partial charge in [-0.1, -0.05) is 0 Å². The summed E-state index contributed by atoms with van der Waals surface area (Å²) in [5.74, 6) is 0.474. The van der Waals surface area contributed by atoms with E-state index in [1.165, 1.54) is 0 Å². The van der Waals surface area contributed by atoms with Crippen molar-refractivity contribution in [3.8, 4) is 0 Å². The monoisotopic (exact) mass is 361 g/mol. The van der Waals surface area contributed by atoms with E-state index < -0.39 is 0 Å². The summed E-state index contributed by atoms with van der Waals surface area (Å²) in [5.41, 5.74) is -0.0188. The summed E-state index contributed by atoms with van der Waals surface area (Å²) in [6.07, 6.45) is 2.50. The van der Waals surface area contributed by atoms with Crippen LogP contribution in [0, 0.1) is 0 Å². The molecule has 8 heteroatoms. The van der Waals surface area contributed by atoms with E-state index in [1.54, 1.807) is 0 Å². The number of aromatic nitrogens is 3. The van der Waals surface area contributed by atoms with Crippen LogP contribution in [0.5, 0.6) is 0 Å². The first-order valence-electron chi connectivity index (χ1n) is 7.86. The molecule has 1 aliphatic heterocycles. The van der Waals surface area contributed by atoms with Gasteiger partial charge in [0, 0.05) is 30.3 Å². The van der Waals surface area contributed by atoms with Gasteiger partial charge in [0.2, 0.25) is 16.5 Å². The van der Waals surface area contributed by atoms with Crippen molar-refractivity contribution in [2.24, 2.45) is 0 Å². The van der Waals surface area contributed by atoms with Gasteiger partial charge in [0.15, 0.2) is 0 Å². The largest absolute Gasteiger partial charge is 0.396 e. The number of rotatable bonds is 5. The van der Waals surface area contributed by atoms with Crippen molar-refractivity contribution in [3.05, 3.63) is 10.6 Å². The van der Waals surface area contributed by atoms with Gasteiger partial charge < -0.3 is 15.3 Å². The number of anilines is 1. The summed E-state index contributed by atoms with van der Waals surface area (Å²) in [4.78, 5) is 14.4. The molecule has 0 radical (unpaired) electrons. The van der Waals surface area contributed by atoms with Crippen molar-refractivity contribution in [1.82, 2.24) is 20.3 Å². The van der Waals surface area contributed by atoms with Crippen molar-refractivity contribution in [2.75, 3.05) is 18.1 Å². The van der Waals surface area contributed by atoms with Gasteiger partial charge in [0.05, 0.1) is 0 Å². The predicted octanol–water partition coefficient (Wildman–Crippen LogP) is 2.68. The van der Waals surface area contributed by atoms with Crippen LogP contribution in [-0.2, 0) is 0 Å². The standard InChI is InChI=1S/C15H25Cl2N5O/c1-14(2)8-10(9-15(3,4)21-14)22(6-5-7-23)13-19-11(16)18-12(17)20-13/h10,21,23H,5-9H2,1-4H3. The van der Waals surface area contributed by atoms with Crippen LogP contribution in [0.2, 0.25) is 10.6 Å². The minimum absolute atomic E-state index is 0.00942. The van der Waals surface area contributed by atoms with Crippen LogP contribution in [0.4, 0.5) is 5.95 Å². The number of aliphatic hydroxyl groups excluding tert-OH is 1. The zero-order valence-electron chi connectivity index (χ0n) is 14.1. The fourth-order valence-electron chi connectivity index (χ4n) is 3.62. The van der Waals surface area contributed by atoms with Crippen LogP contribution < -0.4 is 10.2 Å². The van der Waals surface area contributed by atoms with Crippen LogP contribution in [0.25, 0.3) is 0 Å². The molecule has 1 saturated heterocycles. The van der Waals surface area contributed by atoms with Crippen LogP contribution in [0.15, 0.2) is 0 Å². The van der Waals surface area contributed by atoms with E-state index in [2.05, 4.69) is 52.9 Å². The maximum Gasteiger partial charge on any atom is 0.231 e. The molecule has 0 unspecified atom stereocenters. The molecule has 1 aromatic rings. The highest BCUT2D eigenvalue weighted by atomic mass is 35.5. The van der Waals surface area contributed by atoms with Crippen molar-refractivity contribution < 1.29 is 5.11 Å². The topological polar surface area (TPSA) is 74.2 Å². The number of piperidine rings is 1. The smallest absolute Gasteiger partial charge is 0.231 e. The summed E-state index contributed by atoms with van der Waals surface area (Å²) in [7, 11) is 0. The molecule has 2 N–H and O–H groups in total. The molecule has 0 atom stereocenters. The van der Waals surface area contributed by atoms with E-state index in [4.69, 9.17) is 23.2 Å². The Morgan fingerprint density at radius 3 is 2.09 bits per heavy atom. The molecule has 0 amide bonds. The molecule has 6 nitrogen and oxygen atoms in total. The molecular formula is C15H25Cl2N5O. The van der Waals surface area contributed by atoms with E-state index in [0.717, 1.165) is 12.8 Å². The van der Waals surface area contributed by atoms with Gasteiger partial charge in [-0.25, -0.2) is 0 Å².